The second-order valence-corrected chi connectivity index (χ2v) is 2.84. The Labute approximate surface area is 86.7 Å². The second-order valence-electron chi connectivity index (χ2n) is 2.84. The summed E-state index contributed by atoms with van der Waals surface area (Å²) in [4.78, 5) is 25.9. The number of hydrogen-bond donors (Lipinski definition) is 2. The number of rotatable bonds is 4. The maximum Gasteiger partial charge on any atom is 0.323 e. The van der Waals surface area contributed by atoms with Crippen LogP contribution in [-0.4, -0.2) is 40.0 Å². The summed E-state index contributed by atoms with van der Waals surface area (Å²) in [6.07, 6.45) is 6.63. The zero-order chi connectivity index (χ0) is 11.3. The fourth-order valence-corrected chi connectivity index (χ4v) is 1.11. The summed E-state index contributed by atoms with van der Waals surface area (Å²) in [6, 6.07) is 3.22. The molecule has 0 aromatic carbocycles. The van der Waals surface area contributed by atoms with Gasteiger partial charge in [-0.05, 0) is 12.1 Å². The number of carbonyl (C=O) groups excluding carboxylic acids is 1. The van der Waals surface area contributed by atoms with Crippen LogP contribution in [0, 0.1) is 12.3 Å². The number of aromatic nitrogens is 1. The first-order chi connectivity index (χ1) is 7.15. The van der Waals surface area contributed by atoms with Gasteiger partial charge in [0.05, 0.1) is 6.54 Å². The van der Waals surface area contributed by atoms with Crippen molar-refractivity contribution in [2.45, 2.75) is 0 Å². The molecule has 0 radical (unpaired) electrons. The van der Waals surface area contributed by atoms with Gasteiger partial charge in [-0.3, -0.25) is 9.59 Å². The summed E-state index contributed by atoms with van der Waals surface area (Å²) >= 11 is 0. The second kappa shape index (κ2) is 4.86. The smallest absolute Gasteiger partial charge is 0.323 e. The average Bonchev–Trinajstić information content (AvgIpc) is 2.68. The lowest BCUT2D eigenvalue weighted by atomic mass is 10.3. The molecule has 15 heavy (non-hydrogen) atoms. The van der Waals surface area contributed by atoms with Crippen LogP contribution in [0.3, 0.4) is 0 Å². The van der Waals surface area contributed by atoms with Gasteiger partial charge in [0.1, 0.15) is 12.2 Å². The van der Waals surface area contributed by atoms with E-state index in [1.165, 1.54) is 0 Å². The molecule has 0 saturated carbocycles. The number of amides is 1. The Kier molecular flexibility index (Phi) is 3.52. The number of aromatic amines is 1. The van der Waals surface area contributed by atoms with Gasteiger partial charge in [0.25, 0.3) is 5.91 Å². The van der Waals surface area contributed by atoms with E-state index >= 15 is 0 Å². The molecule has 2 N–H and O–H groups in total. The minimum absolute atomic E-state index is 0.0237. The van der Waals surface area contributed by atoms with Crippen LogP contribution >= 0.6 is 0 Å². The molecule has 1 aromatic rings. The van der Waals surface area contributed by atoms with E-state index in [1.807, 2.05) is 0 Å². The number of nitrogens with zero attached hydrogens (tertiary/aromatic N) is 1. The predicted octanol–water partition coefficient (Wildman–Crippen LogP) is 0.175. The van der Waals surface area contributed by atoms with E-state index in [9.17, 15) is 9.59 Å². The molecule has 0 unspecified atom stereocenters. The fourth-order valence-electron chi connectivity index (χ4n) is 1.11. The van der Waals surface area contributed by atoms with E-state index < -0.39 is 18.4 Å². The lowest BCUT2D eigenvalue weighted by Gasteiger charge is -2.16. The summed E-state index contributed by atoms with van der Waals surface area (Å²) in [5.74, 6) is 0.735. The number of terminal acetylenes is 1. The van der Waals surface area contributed by atoms with Gasteiger partial charge in [-0.2, -0.15) is 0 Å². The first-order valence-corrected chi connectivity index (χ1v) is 4.23. The zero-order valence-corrected chi connectivity index (χ0v) is 7.93. The molecular formula is C10H10N2O3. The molecule has 5 heteroatoms. The summed E-state index contributed by atoms with van der Waals surface area (Å²) in [5.41, 5.74) is 0.325. The molecule has 0 atom stereocenters. The first-order valence-electron chi connectivity index (χ1n) is 4.23. The molecule has 5 nitrogen and oxygen atoms in total. The Hall–Kier alpha value is -2.22. The predicted molar refractivity (Wildman–Crippen MR) is 53.2 cm³/mol. The van der Waals surface area contributed by atoms with E-state index in [-0.39, 0.29) is 6.54 Å². The van der Waals surface area contributed by atoms with Crippen molar-refractivity contribution in [2.24, 2.45) is 0 Å². The monoisotopic (exact) mass is 206 g/mol. The number of carbonyl (C=O) groups is 2. The Morgan fingerprint density at radius 3 is 2.80 bits per heavy atom. The third kappa shape index (κ3) is 2.88. The van der Waals surface area contributed by atoms with E-state index in [1.54, 1.807) is 18.3 Å². The van der Waals surface area contributed by atoms with Crippen LogP contribution in [0.1, 0.15) is 10.5 Å². The SMILES string of the molecule is C#CCN(CC(=O)O)C(=O)c1ccc[nH]1. The van der Waals surface area contributed by atoms with Crippen LogP contribution in [0.15, 0.2) is 18.3 Å². The Morgan fingerprint density at radius 1 is 1.60 bits per heavy atom. The van der Waals surface area contributed by atoms with Crippen molar-refractivity contribution in [3.63, 3.8) is 0 Å². The van der Waals surface area contributed by atoms with Crippen LogP contribution in [0.25, 0.3) is 0 Å². The Morgan fingerprint density at radius 2 is 2.33 bits per heavy atom. The van der Waals surface area contributed by atoms with Crippen molar-refractivity contribution in [3.05, 3.63) is 24.0 Å². The number of hydrogen-bond acceptors (Lipinski definition) is 2. The highest BCUT2D eigenvalue weighted by atomic mass is 16.4. The molecular weight excluding hydrogens is 196 g/mol. The molecule has 1 amide bonds. The maximum absolute atomic E-state index is 11.7. The molecule has 1 heterocycles. The van der Waals surface area contributed by atoms with Gasteiger partial charge in [0.15, 0.2) is 0 Å². The van der Waals surface area contributed by atoms with Crippen LogP contribution < -0.4 is 0 Å². The van der Waals surface area contributed by atoms with E-state index in [2.05, 4.69) is 10.9 Å². The average molecular weight is 206 g/mol. The van der Waals surface area contributed by atoms with E-state index in [0.717, 1.165) is 4.90 Å². The molecule has 0 fully saturated rings. The minimum atomic E-state index is -1.09. The van der Waals surface area contributed by atoms with Crippen molar-refractivity contribution in [2.75, 3.05) is 13.1 Å². The van der Waals surface area contributed by atoms with Gasteiger partial charge in [-0.15, -0.1) is 6.42 Å². The van der Waals surface area contributed by atoms with E-state index in [0.29, 0.717) is 5.69 Å². The van der Waals surface area contributed by atoms with Crippen LogP contribution in [0.4, 0.5) is 0 Å². The van der Waals surface area contributed by atoms with Gasteiger partial charge >= 0.3 is 5.97 Å². The summed E-state index contributed by atoms with van der Waals surface area (Å²) in [5, 5.41) is 8.58. The van der Waals surface area contributed by atoms with Gasteiger partial charge in [0.2, 0.25) is 0 Å². The molecule has 78 valence electrons. The first kappa shape index (κ1) is 10.9. The molecule has 0 aliphatic carbocycles. The molecule has 0 bridgehead atoms. The lowest BCUT2D eigenvalue weighted by Crippen LogP contribution is -2.36. The number of H-pyrrole nitrogens is 1. The number of carboxylic acids is 1. The van der Waals surface area contributed by atoms with Crippen molar-refractivity contribution >= 4 is 11.9 Å². The Bertz CT molecular complexity index is 389. The van der Waals surface area contributed by atoms with Gasteiger partial charge < -0.3 is 15.0 Å². The third-order valence-electron chi connectivity index (χ3n) is 1.72. The summed E-state index contributed by atoms with van der Waals surface area (Å²) in [6.45, 7) is -0.424. The molecule has 1 rings (SSSR count). The highest BCUT2D eigenvalue weighted by Crippen LogP contribution is 2.01. The molecule has 0 spiro atoms. The molecule has 1 aromatic heterocycles. The van der Waals surface area contributed by atoms with Crippen molar-refractivity contribution in [3.8, 4) is 12.3 Å². The number of nitrogens with one attached hydrogen (secondary N) is 1. The van der Waals surface area contributed by atoms with Gasteiger partial charge in [0, 0.05) is 6.20 Å². The molecule has 0 aliphatic heterocycles. The maximum atomic E-state index is 11.7. The molecule has 0 aliphatic rings. The fraction of sp³-hybridized carbons (Fsp3) is 0.200. The van der Waals surface area contributed by atoms with Crippen LogP contribution in [0.5, 0.6) is 0 Å². The standard InChI is InChI=1S/C10H10N2O3/c1-2-6-12(7-9(13)14)10(15)8-4-3-5-11-8/h1,3-5,11H,6-7H2,(H,13,14). The van der Waals surface area contributed by atoms with Crippen LogP contribution in [-0.2, 0) is 4.79 Å². The largest absolute Gasteiger partial charge is 0.480 e. The van der Waals surface area contributed by atoms with Crippen molar-refractivity contribution in [1.29, 1.82) is 0 Å². The number of aliphatic carboxylic acids is 1. The number of carboxylic acid groups (broad SMARTS) is 1. The normalized spacial score (nSPS) is 9.27. The summed E-state index contributed by atoms with van der Waals surface area (Å²) < 4.78 is 0. The van der Waals surface area contributed by atoms with Crippen molar-refractivity contribution < 1.29 is 14.7 Å². The summed E-state index contributed by atoms with van der Waals surface area (Å²) in [7, 11) is 0. The quantitative estimate of drug-likeness (QED) is 0.690. The van der Waals surface area contributed by atoms with Crippen molar-refractivity contribution in [1.82, 2.24) is 9.88 Å². The third-order valence-corrected chi connectivity index (χ3v) is 1.72. The Balaban J connectivity index is 2.76. The lowest BCUT2D eigenvalue weighted by molar-refractivity contribution is -0.137. The van der Waals surface area contributed by atoms with E-state index in [4.69, 9.17) is 11.5 Å². The van der Waals surface area contributed by atoms with Crippen LogP contribution in [0.2, 0.25) is 0 Å². The zero-order valence-electron chi connectivity index (χ0n) is 7.93. The minimum Gasteiger partial charge on any atom is -0.480 e. The highest BCUT2D eigenvalue weighted by Gasteiger charge is 2.17. The van der Waals surface area contributed by atoms with Gasteiger partial charge in [-0.25, -0.2) is 0 Å². The highest BCUT2D eigenvalue weighted by molar-refractivity contribution is 5.94. The molecule has 0 saturated heterocycles. The van der Waals surface area contributed by atoms with Gasteiger partial charge in [-0.1, -0.05) is 5.92 Å². The topological polar surface area (TPSA) is 73.4 Å².